The molecular weight excluding hydrogens is 432 g/mol. The molecule has 8 heteroatoms. The second-order valence-corrected chi connectivity index (χ2v) is 9.04. The third kappa shape index (κ3) is 4.09. The van der Waals surface area contributed by atoms with Gasteiger partial charge in [0.25, 0.3) is 5.91 Å². The van der Waals surface area contributed by atoms with E-state index >= 15 is 0 Å². The lowest BCUT2D eigenvalue weighted by atomic mass is 10.0. The van der Waals surface area contributed by atoms with Gasteiger partial charge in [0.1, 0.15) is 11.9 Å². The molecule has 1 fully saturated rings. The maximum absolute atomic E-state index is 14.3. The highest BCUT2D eigenvalue weighted by molar-refractivity contribution is 7.18. The van der Waals surface area contributed by atoms with Gasteiger partial charge in [-0.2, -0.15) is 5.26 Å². The quantitative estimate of drug-likeness (QED) is 0.621. The minimum atomic E-state index is -0.783. The van der Waals surface area contributed by atoms with Crippen LogP contribution in [-0.4, -0.2) is 54.0 Å². The highest BCUT2D eigenvalue weighted by atomic mass is 32.1. The molecule has 0 aliphatic carbocycles. The minimum absolute atomic E-state index is 0.0794. The summed E-state index contributed by atoms with van der Waals surface area (Å²) in [6.07, 6.45) is 0.883. The summed E-state index contributed by atoms with van der Waals surface area (Å²) in [5, 5.41) is 18.6. The first-order valence-corrected chi connectivity index (χ1v) is 10.9. The largest absolute Gasteiger partial charge is 0.505 e. The maximum atomic E-state index is 14.3. The first-order chi connectivity index (χ1) is 15.3. The predicted molar refractivity (Wildman–Crippen MR) is 119 cm³/mol. The normalized spacial score (nSPS) is 15.9. The van der Waals surface area contributed by atoms with E-state index in [-0.39, 0.29) is 17.5 Å². The number of carbonyl (C=O) groups excluding carboxylic acids is 1. The number of hydrogen-bond donors (Lipinski definition) is 1. The van der Waals surface area contributed by atoms with E-state index < -0.39 is 17.4 Å². The number of aromatic hydroxyl groups is 1. The van der Waals surface area contributed by atoms with Crippen molar-refractivity contribution in [2.24, 2.45) is 0 Å². The Morgan fingerprint density at radius 1 is 1.16 bits per heavy atom. The smallest absolute Gasteiger partial charge is 0.264 e. The lowest BCUT2D eigenvalue weighted by Crippen LogP contribution is -2.34. The second kappa shape index (κ2) is 8.69. The molecule has 1 aromatic heterocycles. The van der Waals surface area contributed by atoms with Gasteiger partial charge in [-0.25, -0.2) is 8.78 Å². The number of benzene rings is 2. The summed E-state index contributed by atoms with van der Waals surface area (Å²) in [5.41, 5.74) is 1.43. The zero-order valence-corrected chi connectivity index (χ0v) is 18.4. The molecule has 0 saturated carbocycles. The van der Waals surface area contributed by atoms with Crippen molar-refractivity contribution >= 4 is 17.2 Å². The van der Waals surface area contributed by atoms with Gasteiger partial charge in [0.15, 0.2) is 11.6 Å². The molecule has 1 aliphatic heterocycles. The number of phenolic OH excluding ortho intramolecular Hbond substituents is 1. The van der Waals surface area contributed by atoms with E-state index in [0.29, 0.717) is 39.5 Å². The number of nitriles is 1. The van der Waals surface area contributed by atoms with E-state index in [4.69, 9.17) is 5.26 Å². The zero-order chi connectivity index (χ0) is 23.0. The van der Waals surface area contributed by atoms with Crippen LogP contribution >= 0.6 is 11.3 Å². The first kappa shape index (κ1) is 21.9. The van der Waals surface area contributed by atoms with E-state index in [9.17, 15) is 18.7 Å². The molecular formula is C24H21F2N3O2S. The molecule has 0 bridgehead atoms. The molecule has 1 N–H and O–H groups in total. The first-order valence-electron chi connectivity index (χ1n) is 10.1. The van der Waals surface area contributed by atoms with Gasteiger partial charge in [0.05, 0.1) is 10.4 Å². The summed E-state index contributed by atoms with van der Waals surface area (Å²) in [6.45, 7) is 1.26. The van der Waals surface area contributed by atoms with Gasteiger partial charge in [0.2, 0.25) is 0 Å². The molecule has 1 amide bonds. The summed E-state index contributed by atoms with van der Waals surface area (Å²) in [5.74, 6) is -2.05. The van der Waals surface area contributed by atoms with Gasteiger partial charge in [0, 0.05) is 29.6 Å². The van der Waals surface area contributed by atoms with Crippen LogP contribution in [0, 0.1) is 23.0 Å². The molecule has 2 heterocycles. The number of carbonyl (C=O) groups is 1. The Bertz CT molecular complexity index is 1230. The number of nitrogens with zero attached hydrogens (tertiary/aromatic N) is 3. The molecule has 0 radical (unpaired) electrons. The Balaban J connectivity index is 1.78. The summed E-state index contributed by atoms with van der Waals surface area (Å²) >= 11 is 1.20. The van der Waals surface area contributed by atoms with Crippen molar-refractivity contribution in [3.05, 3.63) is 64.5 Å². The molecule has 32 heavy (non-hydrogen) atoms. The van der Waals surface area contributed by atoms with Gasteiger partial charge in [-0.15, -0.1) is 11.3 Å². The third-order valence-electron chi connectivity index (χ3n) is 5.73. The molecule has 1 atom stereocenters. The van der Waals surface area contributed by atoms with Crippen molar-refractivity contribution < 1.29 is 18.7 Å². The average molecular weight is 454 g/mol. The number of hydrogen-bond acceptors (Lipinski definition) is 5. The molecule has 0 spiro atoms. The van der Waals surface area contributed by atoms with Crippen LogP contribution in [0.5, 0.6) is 5.75 Å². The van der Waals surface area contributed by atoms with Crippen LogP contribution < -0.4 is 0 Å². The number of halogens is 2. The van der Waals surface area contributed by atoms with Crippen LogP contribution in [0.15, 0.2) is 42.5 Å². The summed E-state index contributed by atoms with van der Waals surface area (Å²) in [7, 11) is 3.97. The number of amides is 1. The molecule has 3 aromatic rings. The number of likely N-dealkylation sites (N-methyl/N-ethyl adjacent to an activating group) is 1. The third-order valence-corrected chi connectivity index (χ3v) is 6.91. The summed E-state index contributed by atoms with van der Waals surface area (Å²) in [4.78, 5) is 18.2. The molecule has 1 aliphatic rings. The molecule has 5 nitrogen and oxygen atoms in total. The van der Waals surface area contributed by atoms with Crippen molar-refractivity contribution in [1.82, 2.24) is 9.80 Å². The fraction of sp³-hybridized carbons (Fsp3) is 0.250. The van der Waals surface area contributed by atoms with Gasteiger partial charge in [-0.1, -0.05) is 6.07 Å². The highest BCUT2D eigenvalue weighted by Gasteiger charge is 2.30. The Hall–Kier alpha value is -3.28. The molecule has 1 saturated heterocycles. The monoisotopic (exact) mass is 453 g/mol. The number of thiophene rings is 1. The van der Waals surface area contributed by atoms with E-state index in [0.717, 1.165) is 6.42 Å². The number of phenols is 1. The summed E-state index contributed by atoms with van der Waals surface area (Å²) in [6, 6.07) is 12.0. The predicted octanol–water partition coefficient (Wildman–Crippen LogP) is 4.71. The Kier molecular flexibility index (Phi) is 5.96. The van der Waals surface area contributed by atoms with Crippen molar-refractivity contribution in [3.8, 4) is 33.4 Å². The van der Waals surface area contributed by atoms with E-state index in [1.807, 2.05) is 14.1 Å². The van der Waals surface area contributed by atoms with Gasteiger partial charge in [-0.3, -0.25) is 4.79 Å². The van der Waals surface area contributed by atoms with Crippen molar-refractivity contribution in [3.63, 3.8) is 0 Å². The SMILES string of the molecule is CN(C)C1CCN(C(=O)c2cc(-c3ccc(C#N)c(F)c3)c(-c3ccc(O)c(F)c3)s2)C1. The topological polar surface area (TPSA) is 67.6 Å². The Labute approximate surface area is 188 Å². The van der Waals surface area contributed by atoms with E-state index in [2.05, 4.69) is 4.90 Å². The molecule has 2 aromatic carbocycles. The fourth-order valence-corrected chi connectivity index (χ4v) is 5.00. The van der Waals surface area contributed by atoms with Crippen LogP contribution in [0.4, 0.5) is 8.78 Å². The van der Waals surface area contributed by atoms with Crippen LogP contribution in [0.25, 0.3) is 21.6 Å². The van der Waals surface area contributed by atoms with Crippen LogP contribution in [0.2, 0.25) is 0 Å². The minimum Gasteiger partial charge on any atom is -0.505 e. The highest BCUT2D eigenvalue weighted by Crippen LogP contribution is 2.41. The van der Waals surface area contributed by atoms with Gasteiger partial charge < -0.3 is 14.9 Å². The van der Waals surface area contributed by atoms with E-state index in [1.165, 1.54) is 35.6 Å². The van der Waals surface area contributed by atoms with Crippen molar-refractivity contribution in [2.45, 2.75) is 12.5 Å². The summed E-state index contributed by atoms with van der Waals surface area (Å²) < 4.78 is 28.4. The number of rotatable bonds is 4. The maximum Gasteiger partial charge on any atom is 0.264 e. The second-order valence-electron chi connectivity index (χ2n) is 7.98. The van der Waals surface area contributed by atoms with Crippen molar-refractivity contribution in [2.75, 3.05) is 27.2 Å². The molecule has 164 valence electrons. The van der Waals surface area contributed by atoms with E-state index in [1.54, 1.807) is 29.2 Å². The lowest BCUT2D eigenvalue weighted by molar-refractivity contribution is 0.0788. The van der Waals surface area contributed by atoms with Gasteiger partial charge >= 0.3 is 0 Å². The molecule has 1 unspecified atom stereocenters. The van der Waals surface area contributed by atoms with Crippen LogP contribution in [-0.2, 0) is 0 Å². The van der Waals surface area contributed by atoms with Crippen LogP contribution in [0.1, 0.15) is 21.7 Å². The fourth-order valence-electron chi connectivity index (χ4n) is 3.85. The van der Waals surface area contributed by atoms with Crippen LogP contribution in [0.3, 0.4) is 0 Å². The Morgan fingerprint density at radius 3 is 2.50 bits per heavy atom. The lowest BCUT2D eigenvalue weighted by Gasteiger charge is -2.20. The number of likely N-dealkylation sites (tertiary alicyclic amines) is 1. The van der Waals surface area contributed by atoms with Gasteiger partial charge in [-0.05, 0) is 68.0 Å². The Morgan fingerprint density at radius 2 is 1.88 bits per heavy atom. The van der Waals surface area contributed by atoms with Crippen molar-refractivity contribution in [1.29, 1.82) is 5.26 Å². The average Bonchev–Trinajstić information content (AvgIpc) is 3.43. The molecule has 4 rings (SSSR count). The zero-order valence-electron chi connectivity index (χ0n) is 17.6. The standard InChI is InChI=1S/C24H21F2N3O2S/c1-28(2)17-7-8-29(13-17)24(31)22-11-18(14-3-4-16(12-27)19(25)9-14)23(32-22)15-5-6-21(30)20(26)10-15/h3-6,9-11,17,30H,7-8,13H2,1-2H3.